The van der Waals surface area contributed by atoms with Gasteiger partial charge in [0, 0.05) is 24.7 Å². The van der Waals surface area contributed by atoms with Crippen molar-refractivity contribution in [2.24, 2.45) is 5.73 Å². The van der Waals surface area contributed by atoms with Gasteiger partial charge in [-0.05, 0) is 17.7 Å². The number of rotatable bonds is 7. The first-order valence-electron chi connectivity index (χ1n) is 5.78. The zero-order valence-electron chi connectivity index (χ0n) is 10.7. The highest BCUT2D eigenvalue weighted by Gasteiger charge is 2.26. The van der Waals surface area contributed by atoms with Crippen LogP contribution >= 0.6 is 23.2 Å². The van der Waals surface area contributed by atoms with Crippen molar-refractivity contribution in [2.75, 3.05) is 19.7 Å². The molecule has 1 aromatic carbocycles. The third-order valence-corrected chi connectivity index (χ3v) is 5.30. The van der Waals surface area contributed by atoms with Crippen molar-refractivity contribution < 1.29 is 13.5 Å². The molecule has 0 spiro atoms. The molecule has 0 fully saturated rings. The van der Waals surface area contributed by atoms with Gasteiger partial charge >= 0.3 is 0 Å². The Labute approximate surface area is 128 Å². The van der Waals surface area contributed by atoms with Gasteiger partial charge in [0.15, 0.2) is 0 Å². The van der Waals surface area contributed by atoms with E-state index in [0.29, 0.717) is 10.6 Å². The number of aliphatic hydroxyl groups excluding tert-OH is 1. The summed E-state index contributed by atoms with van der Waals surface area (Å²) in [6.07, 6.45) is 1.43. The molecule has 5 nitrogen and oxygen atoms in total. The lowest BCUT2D eigenvalue weighted by Gasteiger charge is -2.21. The van der Waals surface area contributed by atoms with Gasteiger partial charge in [-0.3, -0.25) is 0 Å². The summed E-state index contributed by atoms with van der Waals surface area (Å²) >= 11 is 11.9. The van der Waals surface area contributed by atoms with E-state index >= 15 is 0 Å². The smallest absolute Gasteiger partial charge is 0.244 e. The lowest BCUT2D eigenvalue weighted by atomic mass is 10.2. The summed E-state index contributed by atoms with van der Waals surface area (Å²) in [5.41, 5.74) is 6.00. The molecule has 20 heavy (non-hydrogen) atoms. The highest BCUT2D eigenvalue weighted by Crippen LogP contribution is 2.30. The molecule has 0 amide bonds. The molecule has 3 N–H and O–H groups in total. The third kappa shape index (κ3) is 3.72. The second-order valence-corrected chi connectivity index (χ2v) is 6.67. The third-order valence-electron chi connectivity index (χ3n) is 2.62. The Morgan fingerprint density at radius 3 is 2.50 bits per heavy atom. The second-order valence-electron chi connectivity index (χ2n) is 3.95. The summed E-state index contributed by atoms with van der Waals surface area (Å²) in [4.78, 5) is -0.0840. The molecule has 0 aliphatic carbocycles. The van der Waals surface area contributed by atoms with Crippen LogP contribution in [-0.2, 0) is 16.6 Å². The van der Waals surface area contributed by atoms with E-state index in [9.17, 15) is 8.42 Å². The first-order valence-corrected chi connectivity index (χ1v) is 7.98. The Bertz CT molecular complexity index is 591. The van der Waals surface area contributed by atoms with Crippen molar-refractivity contribution in [1.82, 2.24) is 4.31 Å². The number of nitrogens with two attached hydrogens (primary N) is 1. The normalized spacial score (nSPS) is 11.8. The first-order chi connectivity index (χ1) is 9.38. The van der Waals surface area contributed by atoms with Gasteiger partial charge < -0.3 is 10.8 Å². The molecule has 0 aliphatic rings. The Kier molecular flexibility index (Phi) is 6.44. The SMILES string of the molecule is C=CCN(CCO)S(=O)(=O)c1cc(CN)c(Cl)cc1Cl. The van der Waals surface area contributed by atoms with Gasteiger partial charge in [0.2, 0.25) is 10.0 Å². The molecule has 0 unspecified atom stereocenters. The maximum Gasteiger partial charge on any atom is 0.244 e. The van der Waals surface area contributed by atoms with Crippen LogP contribution in [0.1, 0.15) is 5.56 Å². The molecule has 0 bridgehead atoms. The number of aliphatic hydroxyl groups is 1. The van der Waals surface area contributed by atoms with E-state index in [4.69, 9.17) is 34.0 Å². The fourth-order valence-corrected chi connectivity index (χ4v) is 3.88. The summed E-state index contributed by atoms with van der Waals surface area (Å²) in [6.45, 7) is 3.31. The summed E-state index contributed by atoms with van der Waals surface area (Å²) in [7, 11) is -3.85. The van der Waals surface area contributed by atoms with E-state index < -0.39 is 10.0 Å². The van der Waals surface area contributed by atoms with Crippen LogP contribution in [0.5, 0.6) is 0 Å². The lowest BCUT2D eigenvalue weighted by molar-refractivity contribution is 0.260. The summed E-state index contributed by atoms with van der Waals surface area (Å²) < 4.78 is 26.1. The van der Waals surface area contributed by atoms with Crippen molar-refractivity contribution in [3.63, 3.8) is 0 Å². The Hall–Kier alpha value is -0.630. The number of benzene rings is 1. The predicted molar refractivity (Wildman–Crippen MR) is 80.4 cm³/mol. The summed E-state index contributed by atoms with van der Waals surface area (Å²) in [6, 6.07) is 2.71. The van der Waals surface area contributed by atoms with Gasteiger partial charge in [-0.1, -0.05) is 29.3 Å². The maximum atomic E-state index is 12.5. The van der Waals surface area contributed by atoms with Crippen molar-refractivity contribution >= 4 is 33.2 Å². The van der Waals surface area contributed by atoms with Crippen LogP contribution in [0.4, 0.5) is 0 Å². The van der Waals surface area contributed by atoms with Crippen LogP contribution in [0.15, 0.2) is 29.7 Å². The fraction of sp³-hybridized carbons (Fsp3) is 0.333. The topological polar surface area (TPSA) is 83.6 Å². The van der Waals surface area contributed by atoms with Crippen molar-refractivity contribution in [2.45, 2.75) is 11.4 Å². The summed E-state index contributed by atoms with van der Waals surface area (Å²) in [5, 5.41) is 9.30. The molecule has 1 aromatic rings. The van der Waals surface area contributed by atoms with Gasteiger partial charge in [0.25, 0.3) is 0 Å². The van der Waals surface area contributed by atoms with E-state index in [2.05, 4.69) is 6.58 Å². The first kappa shape index (κ1) is 17.4. The Morgan fingerprint density at radius 1 is 1.35 bits per heavy atom. The van der Waals surface area contributed by atoms with Gasteiger partial charge in [-0.2, -0.15) is 4.31 Å². The minimum Gasteiger partial charge on any atom is -0.395 e. The number of hydrogen-bond acceptors (Lipinski definition) is 4. The van der Waals surface area contributed by atoms with Gasteiger partial charge in [-0.25, -0.2) is 8.42 Å². The van der Waals surface area contributed by atoms with Crippen molar-refractivity contribution in [3.05, 3.63) is 40.4 Å². The molecular weight excluding hydrogens is 323 g/mol. The predicted octanol–water partition coefficient (Wildman–Crippen LogP) is 1.62. The molecule has 112 valence electrons. The highest BCUT2D eigenvalue weighted by atomic mass is 35.5. The molecule has 0 aliphatic heterocycles. The van der Waals surface area contributed by atoms with Gasteiger partial charge in [0.05, 0.1) is 11.6 Å². The van der Waals surface area contributed by atoms with Crippen molar-refractivity contribution in [1.29, 1.82) is 0 Å². The largest absolute Gasteiger partial charge is 0.395 e. The molecule has 1 rings (SSSR count). The number of nitrogens with zero attached hydrogens (tertiary/aromatic N) is 1. The van der Waals surface area contributed by atoms with E-state index in [1.54, 1.807) is 0 Å². The molecular formula is C12H16Cl2N2O3S. The van der Waals surface area contributed by atoms with Crippen LogP contribution < -0.4 is 5.73 Å². The average molecular weight is 339 g/mol. The maximum absolute atomic E-state index is 12.5. The molecule has 0 radical (unpaired) electrons. The van der Waals surface area contributed by atoms with E-state index in [1.807, 2.05) is 0 Å². The van der Waals surface area contributed by atoms with Crippen molar-refractivity contribution in [3.8, 4) is 0 Å². The highest BCUT2D eigenvalue weighted by molar-refractivity contribution is 7.89. The van der Waals surface area contributed by atoms with Crippen LogP contribution in [0.2, 0.25) is 10.0 Å². The van der Waals surface area contributed by atoms with Gasteiger partial charge in [0.1, 0.15) is 4.90 Å². The second kappa shape index (κ2) is 7.40. The molecule has 0 heterocycles. The molecule has 0 saturated heterocycles. The zero-order valence-corrected chi connectivity index (χ0v) is 13.0. The standard InChI is InChI=1S/C12H16Cl2N2O3S/c1-2-3-16(4-5-17)20(18,19)12-6-9(8-15)10(13)7-11(12)14/h2,6-7,17H,1,3-5,8,15H2. The number of halogens is 2. The zero-order chi connectivity index (χ0) is 15.3. The van der Waals surface area contributed by atoms with Crippen LogP contribution in [0, 0.1) is 0 Å². The van der Waals surface area contributed by atoms with E-state index in [-0.39, 0.29) is 36.2 Å². The molecule has 0 saturated carbocycles. The van der Waals surface area contributed by atoms with E-state index in [1.165, 1.54) is 18.2 Å². The average Bonchev–Trinajstić information content (AvgIpc) is 2.38. The number of sulfonamides is 1. The summed E-state index contributed by atoms with van der Waals surface area (Å²) in [5.74, 6) is 0. The minimum atomic E-state index is -3.85. The Balaban J connectivity index is 3.36. The Morgan fingerprint density at radius 2 is 2.00 bits per heavy atom. The monoisotopic (exact) mass is 338 g/mol. The molecule has 0 atom stereocenters. The van der Waals surface area contributed by atoms with Crippen LogP contribution in [0.25, 0.3) is 0 Å². The quantitative estimate of drug-likeness (QED) is 0.740. The van der Waals surface area contributed by atoms with E-state index in [0.717, 1.165) is 4.31 Å². The van der Waals surface area contributed by atoms with Crippen LogP contribution in [0.3, 0.4) is 0 Å². The minimum absolute atomic E-state index is 0.0132. The molecule has 8 heteroatoms. The fourth-order valence-electron chi connectivity index (χ4n) is 1.63. The van der Waals surface area contributed by atoms with Crippen LogP contribution in [-0.4, -0.2) is 37.5 Å². The molecule has 0 aromatic heterocycles. The lowest BCUT2D eigenvalue weighted by Crippen LogP contribution is -2.34. The number of hydrogen-bond donors (Lipinski definition) is 2. The van der Waals surface area contributed by atoms with Gasteiger partial charge in [-0.15, -0.1) is 6.58 Å².